The van der Waals surface area contributed by atoms with E-state index in [2.05, 4.69) is 30.3 Å². The second kappa shape index (κ2) is 14.1. The molecule has 5 heterocycles. The van der Waals surface area contributed by atoms with Gasteiger partial charge in [0, 0.05) is 56.3 Å². The second-order valence-corrected chi connectivity index (χ2v) is 14.1. The summed E-state index contributed by atoms with van der Waals surface area (Å²) in [5.41, 5.74) is 8.14. The number of aromatic nitrogens is 3. The monoisotopic (exact) mass is 668 g/mol. The lowest BCUT2D eigenvalue weighted by molar-refractivity contribution is -0.138. The Labute approximate surface area is 284 Å². The molecule has 2 aromatic carbocycles. The van der Waals surface area contributed by atoms with Gasteiger partial charge in [0.05, 0.1) is 5.39 Å². The third-order valence-electron chi connectivity index (χ3n) is 11.1. The fourth-order valence-corrected chi connectivity index (χ4v) is 8.07. The van der Waals surface area contributed by atoms with Gasteiger partial charge in [0.2, 0.25) is 17.7 Å². The summed E-state index contributed by atoms with van der Waals surface area (Å²) in [4.78, 5) is 69.1. The van der Waals surface area contributed by atoms with Crippen LogP contribution >= 0.6 is 0 Å². The van der Waals surface area contributed by atoms with Gasteiger partial charge in [-0.1, -0.05) is 17.3 Å². The van der Waals surface area contributed by atoms with Crippen LogP contribution in [0.25, 0.3) is 10.9 Å². The third-order valence-corrected chi connectivity index (χ3v) is 11.1. The van der Waals surface area contributed by atoms with Crippen LogP contribution in [0.1, 0.15) is 79.2 Å². The largest absolute Gasteiger partial charge is 0.371 e. The number of amides is 4. The van der Waals surface area contributed by atoms with Crippen LogP contribution in [0.4, 0.5) is 5.69 Å². The molecule has 0 spiro atoms. The highest BCUT2D eigenvalue weighted by atomic mass is 16.2. The van der Waals surface area contributed by atoms with Gasteiger partial charge in [-0.3, -0.25) is 29.3 Å². The number of likely N-dealkylation sites (tertiary alicyclic amines) is 2. The average Bonchev–Trinajstić information content (AvgIpc) is 3.12. The molecule has 1 atom stereocenters. The maximum absolute atomic E-state index is 13.5. The number of piperidine rings is 4. The van der Waals surface area contributed by atoms with Crippen LogP contribution in [0.2, 0.25) is 0 Å². The molecule has 13 heteroatoms. The van der Waals surface area contributed by atoms with E-state index in [1.807, 2.05) is 30.3 Å². The number of hydrogen-bond acceptors (Lipinski definition) is 9. The molecule has 0 radical (unpaired) electrons. The molecule has 4 fully saturated rings. The van der Waals surface area contributed by atoms with E-state index >= 15 is 0 Å². The summed E-state index contributed by atoms with van der Waals surface area (Å²) in [5, 5.41) is 10.8. The minimum Gasteiger partial charge on any atom is -0.371 e. The first-order valence-corrected chi connectivity index (χ1v) is 17.6. The molecule has 0 saturated carbocycles. The van der Waals surface area contributed by atoms with E-state index in [0.29, 0.717) is 41.4 Å². The second-order valence-electron chi connectivity index (χ2n) is 14.1. The molecule has 1 unspecified atom stereocenters. The number of nitrogens with zero attached hydrogens (tertiary/aromatic N) is 6. The van der Waals surface area contributed by atoms with Crippen molar-refractivity contribution in [3.63, 3.8) is 0 Å². The summed E-state index contributed by atoms with van der Waals surface area (Å²) in [6.45, 7) is 6.28. The molecule has 4 saturated heterocycles. The predicted octanol–water partition coefficient (Wildman–Crippen LogP) is 2.20. The van der Waals surface area contributed by atoms with Crippen molar-refractivity contribution in [3.8, 4) is 0 Å². The van der Waals surface area contributed by atoms with Crippen molar-refractivity contribution in [2.75, 3.05) is 50.7 Å². The maximum Gasteiger partial charge on any atom is 0.278 e. The van der Waals surface area contributed by atoms with Crippen LogP contribution in [-0.4, -0.2) is 94.2 Å². The van der Waals surface area contributed by atoms with Crippen molar-refractivity contribution in [2.24, 2.45) is 17.6 Å². The summed E-state index contributed by atoms with van der Waals surface area (Å²) in [6.07, 6.45) is 6.16. The van der Waals surface area contributed by atoms with E-state index in [9.17, 15) is 24.0 Å². The van der Waals surface area contributed by atoms with Gasteiger partial charge in [0.15, 0.2) is 0 Å². The summed E-state index contributed by atoms with van der Waals surface area (Å²) in [7, 11) is 0. The Morgan fingerprint density at radius 1 is 0.837 bits per heavy atom. The van der Waals surface area contributed by atoms with E-state index < -0.39 is 23.4 Å². The molecule has 49 heavy (non-hydrogen) atoms. The summed E-state index contributed by atoms with van der Waals surface area (Å²) in [5.74, 6) is 0.103. The van der Waals surface area contributed by atoms with Crippen LogP contribution in [0, 0.1) is 11.8 Å². The molecule has 0 bridgehead atoms. The van der Waals surface area contributed by atoms with Crippen LogP contribution in [0.3, 0.4) is 0 Å². The molecule has 3 N–H and O–H groups in total. The average molecular weight is 669 g/mol. The quantitative estimate of drug-likeness (QED) is 0.359. The van der Waals surface area contributed by atoms with Crippen LogP contribution < -0.4 is 21.5 Å². The van der Waals surface area contributed by atoms with Crippen molar-refractivity contribution in [1.82, 2.24) is 30.1 Å². The maximum atomic E-state index is 13.5. The van der Waals surface area contributed by atoms with Crippen molar-refractivity contribution in [3.05, 3.63) is 63.9 Å². The topological polar surface area (TPSA) is 164 Å². The molecular weight excluding hydrogens is 624 g/mol. The Hall–Kier alpha value is -4.65. The van der Waals surface area contributed by atoms with E-state index in [1.54, 1.807) is 12.1 Å². The van der Waals surface area contributed by atoms with E-state index in [1.165, 1.54) is 5.56 Å². The van der Waals surface area contributed by atoms with Gasteiger partial charge in [-0.05, 0) is 106 Å². The number of benzene rings is 2. The zero-order valence-corrected chi connectivity index (χ0v) is 27.8. The highest BCUT2D eigenvalue weighted by molar-refractivity contribution is 5.99. The standard InChI is InChI=1S/C36H44N8O5/c37-33(46)26-3-1-24(2-4-26)25-11-15-41(16-12-25)22-23-9-17-43(18-10-23)35(48)27-13-19-42(20-14-27)28-5-6-30-29(21-28)36(49)44(40-39-30)31-7-8-32(45)38-34(31)47/h1-6,21,23,25,27,31H,7-20,22H2,(H2,37,46)(H,38,45,47). The predicted molar refractivity (Wildman–Crippen MR) is 183 cm³/mol. The number of primary amides is 1. The Balaban J connectivity index is 0.875. The zero-order valence-electron chi connectivity index (χ0n) is 27.8. The highest BCUT2D eigenvalue weighted by Crippen LogP contribution is 2.31. The van der Waals surface area contributed by atoms with Gasteiger partial charge in [0.1, 0.15) is 11.6 Å². The lowest BCUT2D eigenvalue weighted by atomic mass is 9.87. The number of carbonyl (C=O) groups excluding carboxylic acids is 4. The first-order chi connectivity index (χ1) is 23.7. The summed E-state index contributed by atoms with van der Waals surface area (Å²) < 4.78 is 1.08. The Morgan fingerprint density at radius 2 is 1.55 bits per heavy atom. The number of fused-ring (bicyclic) bond motifs is 1. The molecule has 4 aliphatic heterocycles. The van der Waals surface area contributed by atoms with Gasteiger partial charge in [-0.2, -0.15) is 4.68 Å². The van der Waals surface area contributed by atoms with Gasteiger partial charge in [-0.15, -0.1) is 5.10 Å². The summed E-state index contributed by atoms with van der Waals surface area (Å²) in [6, 6.07) is 12.4. The van der Waals surface area contributed by atoms with Crippen LogP contribution in [-0.2, 0) is 14.4 Å². The van der Waals surface area contributed by atoms with Crippen LogP contribution in [0.5, 0.6) is 0 Å². The first kappa shape index (κ1) is 32.9. The number of anilines is 1. The fourth-order valence-electron chi connectivity index (χ4n) is 8.07. The first-order valence-electron chi connectivity index (χ1n) is 17.6. The van der Waals surface area contributed by atoms with E-state index in [4.69, 9.17) is 5.73 Å². The molecule has 7 rings (SSSR count). The van der Waals surface area contributed by atoms with Crippen LogP contribution in [0.15, 0.2) is 47.3 Å². The molecule has 4 amide bonds. The van der Waals surface area contributed by atoms with Gasteiger partial charge in [-0.25, -0.2) is 0 Å². The van der Waals surface area contributed by atoms with Crippen molar-refractivity contribution < 1.29 is 19.2 Å². The Bertz CT molecular complexity index is 1790. The van der Waals surface area contributed by atoms with Gasteiger partial charge < -0.3 is 20.4 Å². The minimum atomic E-state index is -0.864. The number of rotatable bonds is 7. The molecule has 258 valence electrons. The minimum absolute atomic E-state index is 0.0000543. The number of imide groups is 1. The summed E-state index contributed by atoms with van der Waals surface area (Å²) >= 11 is 0. The van der Waals surface area contributed by atoms with Crippen molar-refractivity contribution in [1.29, 1.82) is 0 Å². The highest BCUT2D eigenvalue weighted by Gasteiger charge is 2.33. The van der Waals surface area contributed by atoms with Gasteiger partial charge in [0.25, 0.3) is 11.5 Å². The SMILES string of the molecule is NC(=O)c1ccc(C2CCN(CC3CCN(C(=O)C4CCN(c5ccc6nnn(C7CCC(=O)NC7=O)c(=O)c6c5)CC4)CC3)CC2)cc1. The number of nitrogens with two attached hydrogens (primary N) is 1. The molecular formula is C36H44N8O5. The lowest BCUT2D eigenvalue weighted by Crippen LogP contribution is -2.47. The number of carbonyl (C=O) groups is 4. The lowest BCUT2D eigenvalue weighted by Gasteiger charge is -2.40. The molecule has 3 aromatic rings. The van der Waals surface area contributed by atoms with Crippen molar-refractivity contribution >= 4 is 40.2 Å². The Morgan fingerprint density at radius 3 is 2.22 bits per heavy atom. The smallest absolute Gasteiger partial charge is 0.278 e. The van der Waals surface area contributed by atoms with E-state index in [0.717, 1.165) is 81.6 Å². The van der Waals surface area contributed by atoms with E-state index in [-0.39, 0.29) is 30.6 Å². The number of hydrogen-bond donors (Lipinski definition) is 2. The normalized spacial score (nSPS) is 22.0. The van der Waals surface area contributed by atoms with Crippen molar-refractivity contribution in [2.45, 2.75) is 63.3 Å². The molecule has 0 aliphatic carbocycles. The third kappa shape index (κ3) is 7.08. The Kier molecular flexibility index (Phi) is 9.44. The molecule has 4 aliphatic rings. The molecule has 13 nitrogen and oxygen atoms in total. The molecule has 1 aromatic heterocycles. The zero-order chi connectivity index (χ0) is 34.1. The number of nitrogens with one attached hydrogen (secondary N) is 1. The fraction of sp³-hybridized carbons (Fsp3) is 0.528. The van der Waals surface area contributed by atoms with Gasteiger partial charge >= 0.3 is 0 Å².